The summed E-state index contributed by atoms with van der Waals surface area (Å²) in [5.41, 5.74) is 15.6. The number of carboxylic acid groups (broad SMARTS) is 1. The van der Waals surface area contributed by atoms with Crippen LogP contribution in [0.3, 0.4) is 0 Å². The third-order valence-corrected chi connectivity index (χ3v) is 4.76. The first-order chi connectivity index (χ1) is 14.9. The van der Waals surface area contributed by atoms with Crippen molar-refractivity contribution in [1.82, 2.24) is 16.0 Å². The highest BCUT2D eigenvalue weighted by Crippen LogP contribution is 2.04. The van der Waals surface area contributed by atoms with Crippen molar-refractivity contribution in [3.05, 3.63) is 0 Å². The van der Waals surface area contributed by atoms with Crippen molar-refractivity contribution in [3.63, 3.8) is 0 Å². The molecule has 15 heteroatoms. The summed E-state index contributed by atoms with van der Waals surface area (Å²) >= 11 is 1.38. The van der Waals surface area contributed by atoms with Crippen molar-refractivity contribution in [2.75, 3.05) is 18.6 Å². The number of carboxylic acids is 1. The number of thioether (sulfide) groups is 1. The van der Waals surface area contributed by atoms with Crippen molar-refractivity contribution < 1.29 is 39.0 Å². The fraction of sp³-hybridized carbons (Fsp3) is 0.647. The third-order valence-electron chi connectivity index (χ3n) is 4.12. The number of aliphatic carboxylic acids is 1. The van der Waals surface area contributed by atoms with Crippen LogP contribution in [0.25, 0.3) is 0 Å². The molecule has 182 valence electrons. The van der Waals surface area contributed by atoms with Crippen LogP contribution < -0.4 is 33.2 Å². The van der Waals surface area contributed by atoms with Gasteiger partial charge in [0.25, 0.3) is 0 Å². The molecule has 0 heterocycles. The van der Waals surface area contributed by atoms with Crippen LogP contribution in [0.4, 0.5) is 0 Å². The molecule has 0 fully saturated rings. The molecule has 0 aliphatic rings. The Morgan fingerprint density at radius 2 is 1.38 bits per heavy atom. The lowest BCUT2D eigenvalue weighted by atomic mass is 10.1. The first-order valence-electron chi connectivity index (χ1n) is 9.48. The molecule has 4 unspecified atom stereocenters. The Kier molecular flexibility index (Phi) is 13.6. The van der Waals surface area contributed by atoms with Crippen LogP contribution in [0, 0.1) is 0 Å². The van der Waals surface area contributed by atoms with Gasteiger partial charge in [-0.15, -0.1) is 0 Å². The molecule has 0 saturated heterocycles. The van der Waals surface area contributed by atoms with E-state index in [1.165, 1.54) is 11.8 Å². The summed E-state index contributed by atoms with van der Waals surface area (Å²) in [4.78, 5) is 70.1. The van der Waals surface area contributed by atoms with Crippen molar-refractivity contribution in [2.45, 2.75) is 49.9 Å². The topological polar surface area (TPSA) is 257 Å². The van der Waals surface area contributed by atoms with Crippen molar-refractivity contribution in [1.29, 1.82) is 0 Å². The van der Waals surface area contributed by atoms with Crippen LogP contribution in [-0.4, -0.2) is 88.5 Å². The van der Waals surface area contributed by atoms with E-state index < -0.39 is 72.7 Å². The largest absolute Gasteiger partial charge is 0.480 e. The molecule has 0 bridgehead atoms. The van der Waals surface area contributed by atoms with Gasteiger partial charge in [-0.1, -0.05) is 0 Å². The highest BCUT2D eigenvalue weighted by atomic mass is 32.2. The third kappa shape index (κ3) is 11.5. The summed E-state index contributed by atoms with van der Waals surface area (Å²) in [5, 5.41) is 25.2. The maximum absolute atomic E-state index is 12.6. The number of hydrogen-bond donors (Lipinski definition) is 8. The number of rotatable bonds is 16. The van der Waals surface area contributed by atoms with Gasteiger partial charge in [-0.2, -0.15) is 11.8 Å². The van der Waals surface area contributed by atoms with E-state index in [0.29, 0.717) is 5.75 Å². The molecule has 0 aromatic heterocycles. The number of nitrogens with one attached hydrogen (secondary N) is 3. The molecule has 0 radical (unpaired) electrons. The number of nitrogens with two attached hydrogens (primary N) is 3. The normalized spacial score (nSPS) is 14.3. The first-order valence-corrected chi connectivity index (χ1v) is 10.9. The van der Waals surface area contributed by atoms with Gasteiger partial charge < -0.3 is 43.4 Å². The SMILES string of the molecule is CSCCC(NC(=O)C(N)CCC(N)=O)C(=O)NC(CO)C(=O)NC(CC(N)=O)C(=O)O. The molecule has 0 spiro atoms. The maximum Gasteiger partial charge on any atom is 0.326 e. The zero-order chi connectivity index (χ0) is 24.8. The average molecular weight is 479 g/mol. The summed E-state index contributed by atoms with van der Waals surface area (Å²) in [5.74, 6) is -5.31. The standard InChI is InChI=1S/C17H30N6O8S/c1-32-5-4-9(21-14(27)8(18)2-3-12(19)25)15(28)23-11(7-24)16(29)22-10(17(30)31)6-13(20)26/h8-11,24H,2-7,18H2,1H3,(H2,19,25)(H2,20,26)(H,21,27)(H,22,29)(H,23,28)(H,30,31). The van der Waals surface area contributed by atoms with Crippen LogP contribution in [0.2, 0.25) is 0 Å². The minimum Gasteiger partial charge on any atom is -0.480 e. The van der Waals surface area contributed by atoms with Gasteiger partial charge in [0.05, 0.1) is 19.1 Å². The molecule has 32 heavy (non-hydrogen) atoms. The summed E-state index contributed by atoms with van der Waals surface area (Å²) in [6.07, 6.45) is 1.07. The fourth-order valence-corrected chi connectivity index (χ4v) is 2.82. The quantitative estimate of drug-likeness (QED) is 0.106. The summed E-state index contributed by atoms with van der Waals surface area (Å²) in [6, 6.07) is -5.44. The zero-order valence-electron chi connectivity index (χ0n) is 17.5. The smallest absolute Gasteiger partial charge is 0.326 e. The highest BCUT2D eigenvalue weighted by Gasteiger charge is 2.30. The van der Waals surface area contributed by atoms with Gasteiger partial charge in [-0.05, 0) is 24.9 Å². The fourth-order valence-electron chi connectivity index (χ4n) is 2.35. The molecule has 11 N–H and O–H groups in total. The second-order valence-electron chi connectivity index (χ2n) is 6.77. The van der Waals surface area contributed by atoms with Gasteiger partial charge in [-0.25, -0.2) is 4.79 Å². The number of primary amides is 2. The van der Waals surface area contributed by atoms with Crippen molar-refractivity contribution in [2.24, 2.45) is 17.2 Å². The second kappa shape index (κ2) is 15.0. The van der Waals surface area contributed by atoms with Gasteiger partial charge in [0.15, 0.2) is 0 Å². The number of amides is 5. The minimum absolute atomic E-state index is 0.0316. The Morgan fingerprint density at radius 3 is 1.84 bits per heavy atom. The Morgan fingerprint density at radius 1 is 0.844 bits per heavy atom. The molecule has 0 aliphatic carbocycles. The van der Waals surface area contributed by atoms with E-state index in [2.05, 4.69) is 10.6 Å². The van der Waals surface area contributed by atoms with E-state index in [0.717, 1.165) is 0 Å². The van der Waals surface area contributed by atoms with E-state index in [1.807, 2.05) is 5.32 Å². The Bertz CT molecular complexity index is 707. The van der Waals surface area contributed by atoms with Crippen LogP contribution in [0.1, 0.15) is 25.7 Å². The summed E-state index contributed by atoms with van der Waals surface area (Å²) in [7, 11) is 0. The zero-order valence-corrected chi connectivity index (χ0v) is 18.4. The van der Waals surface area contributed by atoms with E-state index in [-0.39, 0.29) is 19.3 Å². The van der Waals surface area contributed by atoms with Gasteiger partial charge in [0, 0.05) is 6.42 Å². The van der Waals surface area contributed by atoms with E-state index in [4.69, 9.17) is 22.3 Å². The average Bonchev–Trinajstić information content (AvgIpc) is 2.71. The second-order valence-corrected chi connectivity index (χ2v) is 7.75. The Labute approximate surface area is 188 Å². The highest BCUT2D eigenvalue weighted by molar-refractivity contribution is 7.98. The van der Waals surface area contributed by atoms with Gasteiger partial charge in [0.2, 0.25) is 29.5 Å². The van der Waals surface area contributed by atoms with Gasteiger partial charge in [-0.3, -0.25) is 24.0 Å². The summed E-state index contributed by atoms with van der Waals surface area (Å²) in [6.45, 7) is -0.887. The lowest BCUT2D eigenvalue weighted by molar-refractivity contribution is -0.144. The van der Waals surface area contributed by atoms with E-state index >= 15 is 0 Å². The monoisotopic (exact) mass is 478 g/mol. The molecule has 0 aromatic rings. The molecule has 0 rings (SSSR count). The maximum atomic E-state index is 12.6. The van der Waals surface area contributed by atoms with Crippen LogP contribution in [0.15, 0.2) is 0 Å². The Hall–Kier alpha value is -2.91. The molecular formula is C17H30N6O8S. The number of carbonyl (C=O) groups excluding carboxylic acids is 5. The van der Waals surface area contributed by atoms with Gasteiger partial charge >= 0.3 is 5.97 Å². The Balaban J connectivity index is 5.19. The number of hydrogen-bond acceptors (Lipinski definition) is 9. The molecule has 5 amide bonds. The van der Waals surface area contributed by atoms with Crippen LogP contribution >= 0.6 is 11.8 Å². The van der Waals surface area contributed by atoms with Crippen molar-refractivity contribution >= 4 is 47.3 Å². The van der Waals surface area contributed by atoms with Gasteiger partial charge in [0.1, 0.15) is 18.1 Å². The number of carbonyl (C=O) groups is 6. The van der Waals surface area contributed by atoms with E-state index in [9.17, 15) is 33.9 Å². The minimum atomic E-state index is -1.65. The molecule has 4 atom stereocenters. The lowest BCUT2D eigenvalue weighted by Gasteiger charge is -2.24. The summed E-state index contributed by atoms with van der Waals surface area (Å²) < 4.78 is 0. The number of aliphatic hydroxyl groups is 1. The van der Waals surface area contributed by atoms with Crippen LogP contribution in [-0.2, 0) is 28.8 Å². The first kappa shape index (κ1) is 29.1. The van der Waals surface area contributed by atoms with E-state index in [1.54, 1.807) is 6.26 Å². The predicted molar refractivity (Wildman–Crippen MR) is 114 cm³/mol. The molecule has 0 saturated carbocycles. The predicted octanol–water partition coefficient (Wildman–Crippen LogP) is -4.26. The molecule has 0 aromatic carbocycles. The van der Waals surface area contributed by atoms with Crippen molar-refractivity contribution in [3.8, 4) is 0 Å². The molecule has 0 aliphatic heterocycles. The molecule has 14 nitrogen and oxygen atoms in total. The lowest BCUT2D eigenvalue weighted by Crippen LogP contribution is -2.58. The van der Waals surface area contributed by atoms with Crippen LogP contribution in [0.5, 0.6) is 0 Å². The molecular weight excluding hydrogens is 448 g/mol. The number of aliphatic hydroxyl groups excluding tert-OH is 1.